The molecule has 0 amide bonds. The molecule has 0 aliphatic rings. The van der Waals surface area contributed by atoms with Crippen molar-refractivity contribution in [3.8, 4) is 0 Å². The van der Waals surface area contributed by atoms with E-state index in [2.05, 4.69) is 9.72 Å². The van der Waals surface area contributed by atoms with Gasteiger partial charge >= 0.3 is 5.97 Å². The fourth-order valence-corrected chi connectivity index (χ4v) is 2.54. The molecule has 7 nitrogen and oxygen atoms in total. The van der Waals surface area contributed by atoms with E-state index in [0.717, 1.165) is 0 Å². The van der Waals surface area contributed by atoms with Crippen molar-refractivity contribution in [2.75, 3.05) is 7.11 Å². The Morgan fingerprint density at radius 3 is 2.86 bits per heavy atom. The second-order valence-corrected chi connectivity index (χ2v) is 5.27. The van der Waals surface area contributed by atoms with Crippen LogP contribution in [0.5, 0.6) is 0 Å². The summed E-state index contributed by atoms with van der Waals surface area (Å²) in [5, 5.41) is 11.9. The van der Waals surface area contributed by atoms with E-state index in [9.17, 15) is 14.9 Å². The topological polar surface area (TPSA) is 87.3 Å². The molecule has 2 aromatic rings. The molecule has 2 rings (SSSR count). The molecule has 0 aliphatic carbocycles. The standard InChI is InChI=1S/C14H13N3O4S/c1-16-8-7-15-14(16)22-12-5-3-10(4-6-13(18)21-2)9-11(12)17(19)20/h3-9H,1-2H3. The van der Waals surface area contributed by atoms with Crippen molar-refractivity contribution >= 4 is 29.5 Å². The third-order valence-corrected chi connectivity index (χ3v) is 3.91. The number of aryl methyl sites for hydroxylation is 1. The number of carbonyl (C=O) groups excluding carboxylic acids is 1. The van der Waals surface area contributed by atoms with Crippen LogP contribution in [0.1, 0.15) is 5.56 Å². The highest BCUT2D eigenvalue weighted by molar-refractivity contribution is 7.99. The number of nitro benzene ring substituents is 1. The van der Waals surface area contributed by atoms with Crippen LogP contribution in [-0.2, 0) is 16.6 Å². The zero-order chi connectivity index (χ0) is 16.1. The summed E-state index contributed by atoms with van der Waals surface area (Å²) in [5.41, 5.74) is 0.501. The van der Waals surface area contributed by atoms with Crippen LogP contribution >= 0.6 is 11.8 Å². The molecule has 0 saturated heterocycles. The van der Waals surface area contributed by atoms with E-state index in [1.54, 1.807) is 29.1 Å². The van der Waals surface area contributed by atoms with Gasteiger partial charge in [0.05, 0.1) is 16.9 Å². The van der Waals surface area contributed by atoms with Crippen LogP contribution in [0, 0.1) is 10.1 Å². The average Bonchev–Trinajstić information content (AvgIpc) is 2.90. The van der Waals surface area contributed by atoms with Crippen LogP contribution in [0.15, 0.2) is 46.7 Å². The molecule has 0 atom stereocenters. The maximum absolute atomic E-state index is 11.2. The van der Waals surface area contributed by atoms with Crippen LogP contribution in [0.3, 0.4) is 0 Å². The number of ether oxygens (including phenoxy) is 1. The number of aromatic nitrogens is 2. The normalized spacial score (nSPS) is 10.8. The van der Waals surface area contributed by atoms with Gasteiger partial charge < -0.3 is 9.30 Å². The predicted molar refractivity (Wildman–Crippen MR) is 81.5 cm³/mol. The van der Waals surface area contributed by atoms with E-state index in [1.165, 1.54) is 37.1 Å². The van der Waals surface area contributed by atoms with Gasteiger partial charge in [0.2, 0.25) is 0 Å². The van der Waals surface area contributed by atoms with Gasteiger partial charge in [-0.3, -0.25) is 10.1 Å². The second-order valence-electron chi connectivity index (χ2n) is 4.26. The van der Waals surface area contributed by atoms with Crippen LogP contribution < -0.4 is 0 Å². The number of hydrogen-bond acceptors (Lipinski definition) is 6. The Morgan fingerprint density at radius 1 is 1.50 bits per heavy atom. The SMILES string of the molecule is COC(=O)C=Cc1ccc(Sc2nccn2C)c([N+](=O)[O-])c1. The summed E-state index contributed by atoms with van der Waals surface area (Å²) in [5.74, 6) is -0.519. The first-order valence-corrected chi connectivity index (χ1v) is 7.02. The number of carbonyl (C=O) groups is 1. The number of benzene rings is 1. The molecule has 0 spiro atoms. The van der Waals surface area contributed by atoms with Gasteiger partial charge in [-0.05, 0) is 29.5 Å². The van der Waals surface area contributed by atoms with Gasteiger partial charge in [0, 0.05) is 31.6 Å². The first kappa shape index (κ1) is 15.8. The molecule has 1 heterocycles. The van der Waals surface area contributed by atoms with Crippen molar-refractivity contribution in [3.63, 3.8) is 0 Å². The summed E-state index contributed by atoms with van der Waals surface area (Å²) >= 11 is 1.21. The Balaban J connectivity index is 2.32. The van der Waals surface area contributed by atoms with Crippen molar-refractivity contribution in [2.45, 2.75) is 10.1 Å². The Labute approximate surface area is 130 Å². The highest BCUT2D eigenvalue weighted by Crippen LogP contribution is 2.34. The maximum atomic E-state index is 11.2. The van der Waals surface area contributed by atoms with E-state index in [1.807, 2.05) is 7.05 Å². The zero-order valence-electron chi connectivity index (χ0n) is 11.9. The number of rotatable bonds is 5. The van der Waals surface area contributed by atoms with Gasteiger partial charge in [-0.2, -0.15) is 0 Å². The molecular weight excluding hydrogens is 306 g/mol. The molecule has 0 radical (unpaired) electrons. The maximum Gasteiger partial charge on any atom is 0.330 e. The summed E-state index contributed by atoms with van der Waals surface area (Å²) in [4.78, 5) is 26.4. The smallest absolute Gasteiger partial charge is 0.330 e. The van der Waals surface area contributed by atoms with Crippen molar-refractivity contribution in [3.05, 3.63) is 52.3 Å². The molecule has 0 bridgehead atoms. The third-order valence-electron chi connectivity index (χ3n) is 2.77. The minimum Gasteiger partial charge on any atom is -0.466 e. The number of esters is 1. The molecule has 114 valence electrons. The first-order chi connectivity index (χ1) is 10.5. The van der Waals surface area contributed by atoms with Gasteiger partial charge in [-0.25, -0.2) is 9.78 Å². The van der Waals surface area contributed by atoms with E-state index < -0.39 is 10.9 Å². The summed E-state index contributed by atoms with van der Waals surface area (Å²) in [6.07, 6.45) is 6.07. The summed E-state index contributed by atoms with van der Waals surface area (Å²) in [7, 11) is 3.08. The lowest BCUT2D eigenvalue weighted by molar-refractivity contribution is -0.387. The number of methoxy groups -OCH3 is 1. The first-order valence-electron chi connectivity index (χ1n) is 6.21. The van der Waals surface area contributed by atoms with Gasteiger partial charge in [-0.1, -0.05) is 6.07 Å². The lowest BCUT2D eigenvalue weighted by Crippen LogP contribution is -1.95. The number of imidazole rings is 1. The fourth-order valence-electron chi connectivity index (χ4n) is 1.65. The number of nitrogens with zero attached hydrogens (tertiary/aromatic N) is 3. The molecule has 1 aromatic heterocycles. The molecule has 0 fully saturated rings. The van der Waals surface area contributed by atoms with Crippen LogP contribution in [-0.4, -0.2) is 27.6 Å². The number of nitro groups is 1. The molecule has 0 aliphatic heterocycles. The summed E-state index contributed by atoms with van der Waals surface area (Å²) in [6.45, 7) is 0. The van der Waals surface area contributed by atoms with Gasteiger partial charge in [0.25, 0.3) is 5.69 Å². The fraction of sp³-hybridized carbons (Fsp3) is 0.143. The Bertz CT molecular complexity index is 739. The molecule has 0 unspecified atom stereocenters. The Kier molecular flexibility index (Phi) is 4.95. The van der Waals surface area contributed by atoms with Crippen molar-refractivity contribution in [1.29, 1.82) is 0 Å². The van der Waals surface area contributed by atoms with Crippen LogP contribution in [0.25, 0.3) is 6.08 Å². The monoisotopic (exact) mass is 319 g/mol. The lowest BCUT2D eigenvalue weighted by atomic mass is 10.2. The predicted octanol–water partition coefficient (Wildman–Crippen LogP) is 2.67. The molecule has 0 N–H and O–H groups in total. The second kappa shape index (κ2) is 6.90. The van der Waals surface area contributed by atoms with Crippen molar-refractivity contribution in [1.82, 2.24) is 9.55 Å². The van der Waals surface area contributed by atoms with E-state index >= 15 is 0 Å². The van der Waals surface area contributed by atoms with Crippen LogP contribution in [0.4, 0.5) is 5.69 Å². The summed E-state index contributed by atoms with van der Waals surface area (Å²) < 4.78 is 6.26. The zero-order valence-corrected chi connectivity index (χ0v) is 12.7. The van der Waals surface area contributed by atoms with Crippen molar-refractivity contribution in [2.24, 2.45) is 7.05 Å². The van der Waals surface area contributed by atoms with Gasteiger partial charge in [0.15, 0.2) is 5.16 Å². The molecule has 8 heteroatoms. The van der Waals surface area contributed by atoms with E-state index in [4.69, 9.17) is 0 Å². The highest BCUT2D eigenvalue weighted by atomic mass is 32.2. The lowest BCUT2D eigenvalue weighted by Gasteiger charge is -2.04. The largest absolute Gasteiger partial charge is 0.466 e. The third kappa shape index (κ3) is 3.73. The molecule has 22 heavy (non-hydrogen) atoms. The van der Waals surface area contributed by atoms with E-state index in [0.29, 0.717) is 15.6 Å². The average molecular weight is 319 g/mol. The summed E-state index contributed by atoms with van der Waals surface area (Å²) in [6, 6.07) is 4.73. The Hall–Kier alpha value is -2.61. The molecule has 0 saturated carbocycles. The van der Waals surface area contributed by atoms with E-state index in [-0.39, 0.29) is 5.69 Å². The highest BCUT2D eigenvalue weighted by Gasteiger charge is 2.17. The quantitative estimate of drug-likeness (QED) is 0.364. The Morgan fingerprint density at radius 2 is 2.27 bits per heavy atom. The minimum atomic E-state index is -0.519. The number of hydrogen-bond donors (Lipinski definition) is 0. The van der Waals surface area contributed by atoms with Crippen LogP contribution in [0.2, 0.25) is 0 Å². The van der Waals surface area contributed by atoms with Gasteiger partial charge in [-0.15, -0.1) is 0 Å². The molecule has 1 aromatic carbocycles. The van der Waals surface area contributed by atoms with Gasteiger partial charge in [0.1, 0.15) is 0 Å². The minimum absolute atomic E-state index is 0.0417. The van der Waals surface area contributed by atoms with Crippen molar-refractivity contribution < 1.29 is 14.5 Å². The molecular formula is C14H13N3O4S.